The minimum Gasteiger partial charge on any atom is -0.393 e. The summed E-state index contributed by atoms with van der Waals surface area (Å²) < 4.78 is 0. The summed E-state index contributed by atoms with van der Waals surface area (Å²) in [7, 11) is 0. The van der Waals surface area contributed by atoms with E-state index in [1.807, 2.05) is 6.92 Å². The van der Waals surface area contributed by atoms with Crippen molar-refractivity contribution >= 4 is 0 Å². The third kappa shape index (κ3) is 3.06. The second-order valence-electron chi connectivity index (χ2n) is 6.30. The molecule has 1 aliphatic carbocycles. The van der Waals surface area contributed by atoms with Crippen LogP contribution in [-0.4, -0.2) is 45.9 Å². The average Bonchev–Trinajstić information content (AvgIpc) is 2.38. The summed E-state index contributed by atoms with van der Waals surface area (Å²) in [6, 6.07) is 0.697. The molecule has 0 amide bonds. The lowest BCUT2D eigenvalue weighted by molar-refractivity contribution is -0.0420. The lowest BCUT2D eigenvalue weighted by Crippen LogP contribution is -2.54. The summed E-state index contributed by atoms with van der Waals surface area (Å²) in [6.45, 7) is 5.09. The number of aliphatic hydroxyl groups excluding tert-OH is 2. The van der Waals surface area contributed by atoms with E-state index in [2.05, 4.69) is 11.8 Å². The normalized spacial score (nSPS) is 38.3. The number of piperidine rings is 1. The van der Waals surface area contributed by atoms with Gasteiger partial charge < -0.3 is 10.2 Å². The smallest absolute Gasteiger partial charge is 0.0664 e. The van der Waals surface area contributed by atoms with E-state index in [9.17, 15) is 10.2 Å². The fourth-order valence-electron chi connectivity index (χ4n) is 3.81. The first-order chi connectivity index (χ1) is 8.61. The molecule has 2 aliphatic rings. The summed E-state index contributed by atoms with van der Waals surface area (Å²) >= 11 is 0. The van der Waals surface area contributed by atoms with E-state index in [0.717, 1.165) is 19.4 Å². The van der Waals surface area contributed by atoms with Crippen LogP contribution in [-0.2, 0) is 0 Å². The first-order valence-corrected chi connectivity index (χ1v) is 7.73. The molecule has 0 bridgehead atoms. The van der Waals surface area contributed by atoms with Crippen molar-refractivity contribution in [3.05, 3.63) is 0 Å². The first kappa shape index (κ1) is 14.3. The number of rotatable bonds is 3. The fourth-order valence-corrected chi connectivity index (χ4v) is 3.81. The van der Waals surface area contributed by atoms with Crippen molar-refractivity contribution in [3.63, 3.8) is 0 Å². The highest BCUT2D eigenvalue weighted by Crippen LogP contribution is 2.35. The van der Waals surface area contributed by atoms with Gasteiger partial charge in [-0.05, 0) is 46.1 Å². The quantitative estimate of drug-likeness (QED) is 0.812. The van der Waals surface area contributed by atoms with Crippen LogP contribution in [0.4, 0.5) is 0 Å². The lowest BCUT2D eigenvalue weighted by Gasteiger charge is -2.47. The maximum absolute atomic E-state index is 10.3. The fraction of sp³-hybridized carbons (Fsp3) is 1.00. The number of likely N-dealkylation sites (tertiary alicyclic amines) is 1. The van der Waals surface area contributed by atoms with Crippen LogP contribution in [0.5, 0.6) is 0 Å². The third-order valence-electron chi connectivity index (χ3n) is 5.09. The monoisotopic (exact) mass is 255 g/mol. The van der Waals surface area contributed by atoms with Gasteiger partial charge in [0.05, 0.1) is 12.2 Å². The highest BCUT2D eigenvalue weighted by Gasteiger charge is 2.37. The Hall–Kier alpha value is -0.120. The van der Waals surface area contributed by atoms with Gasteiger partial charge in [-0.1, -0.05) is 19.3 Å². The minimum atomic E-state index is -0.286. The topological polar surface area (TPSA) is 43.7 Å². The Balaban J connectivity index is 2.06. The third-order valence-corrected chi connectivity index (χ3v) is 5.09. The van der Waals surface area contributed by atoms with Gasteiger partial charge in [-0.2, -0.15) is 0 Å². The summed E-state index contributed by atoms with van der Waals surface area (Å²) in [5, 5.41) is 20.1. The number of hydrogen-bond acceptors (Lipinski definition) is 3. The van der Waals surface area contributed by atoms with Gasteiger partial charge in [0.15, 0.2) is 0 Å². The van der Waals surface area contributed by atoms with Gasteiger partial charge in [0, 0.05) is 18.0 Å². The molecule has 1 saturated heterocycles. The highest BCUT2D eigenvalue weighted by molar-refractivity contribution is 4.91. The predicted molar refractivity (Wildman–Crippen MR) is 73.5 cm³/mol. The molecular formula is C15H29NO2. The van der Waals surface area contributed by atoms with E-state index in [1.54, 1.807) is 0 Å². The summed E-state index contributed by atoms with van der Waals surface area (Å²) in [5.74, 6) is 0.431. The van der Waals surface area contributed by atoms with Gasteiger partial charge in [0.2, 0.25) is 0 Å². The molecule has 2 fully saturated rings. The minimum absolute atomic E-state index is 0.120. The first-order valence-electron chi connectivity index (χ1n) is 7.73. The van der Waals surface area contributed by atoms with Crippen LogP contribution in [0.1, 0.15) is 58.8 Å². The average molecular weight is 255 g/mol. The van der Waals surface area contributed by atoms with Crippen molar-refractivity contribution in [1.29, 1.82) is 0 Å². The van der Waals surface area contributed by atoms with E-state index in [0.29, 0.717) is 12.0 Å². The highest BCUT2D eigenvalue weighted by atomic mass is 16.3. The van der Waals surface area contributed by atoms with E-state index in [4.69, 9.17) is 0 Å². The predicted octanol–water partition coefficient (Wildman–Crippen LogP) is 2.16. The molecular weight excluding hydrogens is 226 g/mol. The molecule has 106 valence electrons. The van der Waals surface area contributed by atoms with Crippen LogP contribution in [0.3, 0.4) is 0 Å². The second kappa shape index (κ2) is 6.36. The molecule has 3 nitrogen and oxygen atoms in total. The van der Waals surface area contributed by atoms with Crippen LogP contribution in [0.15, 0.2) is 0 Å². The molecule has 18 heavy (non-hydrogen) atoms. The maximum atomic E-state index is 10.3. The van der Waals surface area contributed by atoms with E-state index < -0.39 is 0 Å². The Morgan fingerprint density at radius 3 is 2.33 bits per heavy atom. The van der Waals surface area contributed by atoms with E-state index in [-0.39, 0.29) is 18.2 Å². The van der Waals surface area contributed by atoms with Crippen LogP contribution in [0, 0.1) is 5.92 Å². The molecule has 0 aromatic heterocycles. The van der Waals surface area contributed by atoms with E-state index >= 15 is 0 Å². The van der Waals surface area contributed by atoms with Crippen LogP contribution in [0.25, 0.3) is 0 Å². The van der Waals surface area contributed by atoms with Crippen molar-refractivity contribution in [2.75, 3.05) is 6.54 Å². The van der Waals surface area contributed by atoms with Crippen LogP contribution in [0.2, 0.25) is 0 Å². The van der Waals surface area contributed by atoms with Crippen LogP contribution < -0.4 is 0 Å². The standard InChI is InChI=1S/C15H29NO2/c1-11(12(2)17)16-10-6-5-8-14(16)13-7-3-4-9-15(13)18/h11-15,17-18H,3-10H2,1-2H3. The molecule has 2 rings (SSSR count). The summed E-state index contributed by atoms with van der Waals surface area (Å²) in [6.07, 6.45) is 7.86. The number of aliphatic hydroxyl groups is 2. The molecule has 2 N–H and O–H groups in total. The van der Waals surface area contributed by atoms with Gasteiger partial charge in [0.1, 0.15) is 0 Å². The SMILES string of the molecule is CC(O)C(C)N1CCCCC1C1CCCCC1O. The number of hydrogen-bond donors (Lipinski definition) is 2. The molecule has 1 aliphatic heterocycles. The number of nitrogens with zero attached hydrogens (tertiary/aromatic N) is 1. The Morgan fingerprint density at radius 2 is 1.67 bits per heavy atom. The van der Waals surface area contributed by atoms with Crippen molar-refractivity contribution in [2.45, 2.75) is 83.1 Å². The second-order valence-corrected chi connectivity index (χ2v) is 6.30. The summed E-state index contributed by atoms with van der Waals surface area (Å²) in [5.41, 5.74) is 0. The molecule has 1 saturated carbocycles. The summed E-state index contributed by atoms with van der Waals surface area (Å²) in [4.78, 5) is 2.47. The Morgan fingerprint density at radius 1 is 1.00 bits per heavy atom. The van der Waals surface area contributed by atoms with Crippen molar-refractivity contribution in [2.24, 2.45) is 5.92 Å². The molecule has 1 heterocycles. The Kier molecular flexibility index (Phi) is 5.05. The molecule has 0 aromatic carbocycles. The molecule has 0 spiro atoms. The molecule has 5 atom stereocenters. The Bertz CT molecular complexity index is 257. The zero-order valence-corrected chi connectivity index (χ0v) is 11.9. The largest absolute Gasteiger partial charge is 0.393 e. The lowest BCUT2D eigenvalue weighted by atomic mass is 9.77. The molecule has 0 radical (unpaired) electrons. The van der Waals surface area contributed by atoms with Gasteiger partial charge in [-0.15, -0.1) is 0 Å². The zero-order chi connectivity index (χ0) is 13.1. The van der Waals surface area contributed by atoms with Crippen molar-refractivity contribution in [1.82, 2.24) is 4.90 Å². The van der Waals surface area contributed by atoms with Crippen LogP contribution >= 0.6 is 0 Å². The van der Waals surface area contributed by atoms with Crippen molar-refractivity contribution in [3.8, 4) is 0 Å². The molecule has 5 unspecified atom stereocenters. The molecule has 0 aromatic rings. The van der Waals surface area contributed by atoms with E-state index in [1.165, 1.54) is 32.1 Å². The van der Waals surface area contributed by atoms with Gasteiger partial charge in [-0.3, -0.25) is 4.90 Å². The Labute approximate surface area is 111 Å². The van der Waals surface area contributed by atoms with Gasteiger partial charge >= 0.3 is 0 Å². The molecule has 3 heteroatoms. The van der Waals surface area contributed by atoms with Crippen molar-refractivity contribution < 1.29 is 10.2 Å². The van der Waals surface area contributed by atoms with Gasteiger partial charge in [0.25, 0.3) is 0 Å². The zero-order valence-electron chi connectivity index (χ0n) is 11.9. The van der Waals surface area contributed by atoms with Gasteiger partial charge in [-0.25, -0.2) is 0 Å². The maximum Gasteiger partial charge on any atom is 0.0664 e.